The van der Waals surface area contributed by atoms with E-state index in [1.807, 2.05) is 16.3 Å². The monoisotopic (exact) mass is 263 g/mol. The van der Waals surface area contributed by atoms with Gasteiger partial charge in [-0.05, 0) is 18.9 Å². The van der Waals surface area contributed by atoms with Gasteiger partial charge in [-0.15, -0.1) is 11.3 Å². The molecule has 1 aromatic rings. The summed E-state index contributed by atoms with van der Waals surface area (Å²) in [5, 5.41) is 13.8. The van der Waals surface area contributed by atoms with Gasteiger partial charge in [0.05, 0.1) is 5.56 Å². The molecular formula is C13H17N3OS. The maximum Gasteiger partial charge on any atom is 0.223 e. The van der Waals surface area contributed by atoms with Gasteiger partial charge in [0.2, 0.25) is 5.91 Å². The molecule has 5 heteroatoms. The van der Waals surface area contributed by atoms with Gasteiger partial charge in [0.1, 0.15) is 6.07 Å². The zero-order chi connectivity index (χ0) is 12.8. The van der Waals surface area contributed by atoms with Crippen LogP contribution in [0.25, 0.3) is 0 Å². The van der Waals surface area contributed by atoms with E-state index in [2.05, 4.69) is 11.4 Å². The van der Waals surface area contributed by atoms with Crippen molar-refractivity contribution in [2.75, 3.05) is 19.6 Å². The molecule has 4 nitrogen and oxygen atoms in total. The van der Waals surface area contributed by atoms with Gasteiger partial charge < -0.3 is 10.2 Å². The summed E-state index contributed by atoms with van der Waals surface area (Å²) in [6, 6.07) is 4.00. The molecule has 0 saturated carbocycles. The van der Waals surface area contributed by atoms with Crippen LogP contribution < -0.4 is 5.32 Å². The molecular weight excluding hydrogens is 246 g/mol. The van der Waals surface area contributed by atoms with Gasteiger partial charge >= 0.3 is 0 Å². The average Bonchev–Trinajstić information content (AvgIpc) is 3.05. The van der Waals surface area contributed by atoms with Crippen LogP contribution in [-0.4, -0.2) is 30.4 Å². The molecule has 2 heterocycles. The highest BCUT2D eigenvalue weighted by atomic mass is 32.1. The Balaban J connectivity index is 1.63. The number of carbonyl (C=O) groups excluding carboxylic acids is 1. The maximum absolute atomic E-state index is 11.8. The molecule has 1 aromatic heterocycles. The fourth-order valence-corrected chi connectivity index (χ4v) is 2.84. The second-order valence-electron chi connectivity index (χ2n) is 4.43. The Morgan fingerprint density at radius 3 is 2.94 bits per heavy atom. The highest BCUT2D eigenvalue weighted by Gasteiger charge is 2.16. The SMILES string of the molecule is N#Cc1csc(CNCCC(=O)N2CCCC2)c1. The van der Waals surface area contributed by atoms with Crippen molar-refractivity contribution in [3.05, 3.63) is 21.9 Å². The molecule has 1 fully saturated rings. The summed E-state index contributed by atoms with van der Waals surface area (Å²) in [5.74, 6) is 0.254. The highest BCUT2D eigenvalue weighted by molar-refractivity contribution is 7.10. The number of carbonyl (C=O) groups is 1. The lowest BCUT2D eigenvalue weighted by atomic mass is 10.3. The molecule has 0 radical (unpaired) electrons. The summed E-state index contributed by atoms with van der Waals surface area (Å²) < 4.78 is 0. The summed E-state index contributed by atoms with van der Waals surface area (Å²) in [7, 11) is 0. The van der Waals surface area contributed by atoms with E-state index in [1.165, 1.54) is 0 Å². The number of hydrogen-bond acceptors (Lipinski definition) is 4. The molecule has 0 spiro atoms. The quantitative estimate of drug-likeness (QED) is 0.823. The molecule has 0 unspecified atom stereocenters. The Morgan fingerprint density at radius 1 is 1.50 bits per heavy atom. The minimum absolute atomic E-state index is 0.254. The van der Waals surface area contributed by atoms with E-state index >= 15 is 0 Å². The van der Waals surface area contributed by atoms with E-state index in [1.54, 1.807) is 11.3 Å². The van der Waals surface area contributed by atoms with Crippen molar-refractivity contribution in [2.24, 2.45) is 0 Å². The lowest BCUT2D eigenvalue weighted by Gasteiger charge is -2.14. The van der Waals surface area contributed by atoms with Gasteiger partial charge in [-0.3, -0.25) is 4.79 Å². The van der Waals surface area contributed by atoms with Gasteiger partial charge in [-0.25, -0.2) is 0 Å². The third-order valence-electron chi connectivity index (χ3n) is 3.06. The lowest BCUT2D eigenvalue weighted by Crippen LogP contribution is -2.30. The van der Waals surface area contributed by atoms with Crippen molar-refractivity contribution < 1.29 is 4.79 Å². The van der Waals surface area contributed by atoms with E-state index in [9.17, 15) is 4.79 Å². The first-order chi connectivity index (χ1) is 8.79. The highest BCUT2D eigenvalue weighted by Crippen LogP contribution is 2.13. The number of rotatable bonds is 5. The first-order valence-corrected chi connectivity index (χ1v) is 7.13. The average molecular weight is 263 g/mol. The predicted molar refractivity (Wildman–Crippen MR) is 71.2 cm³/mol. The van der Waals surface area contributed by atoms with E-state index < -0.39 is 0 Å². The molecule has 1 aliphatic rings. The summed E-state index contributed by atoms with van der Waals surface area (Å²) in [6.07, 6.45) is 2.85. The van der Waals surface area contributed by atoms with Crippen LogP contribution in [0, 0.1) is 11.3 Å². The molecule has 2 rings (SSSR count). The molecule has 1 saturated heterocycles. The van der Waals surface area contributed by atoms with Gasteiger partial charge in [-0.1, -0.05) is 0 Å². The second kappa shape index (κ2) is 6.53. The molecule has 1 N–H and O–H groups in total. The number of nitrogens with one attached hydrogen (secondary N) is 1. The Hall–Kier alpha value is -1.38. The number of hydrogen-bond donors (Lipinski definition) is 1. The third-order valence-corrected chi connectivity index (χ3v) is 3.99. The summed E-state index contributed by atoms with van der Waals surface area (Å²) in [6.45, 7) is 3.29. The largest absolute Gasteiger partial charge is 0.343 e. The zero-order valence-electron chi connectivity index (χ0n) is 10.3. The van der Waals surface area contributed by atoms with Crippen molar-refractivity contribution in [1.29, 1.82) is 5.26 Å². The molecule has 18 heavy (non-hydrogen) atoms. The molecule has 0 atom stereocenters. The Bertz CT molecular complexity index is 443. The van der Waals surface area contributed by atoms with E-state index in [-0.39, 0.29) is 5.91 Å². The van der Waals surface area contributed by atoms with Crippen LogP contribution in [0.2, 0.25) is 0 Å². The number of nitrogens with zero attached hydrogens (tertiary/aromatic N) is 2. The Morgan fingerprint density at radius 2 is 2.28 bits per heavy atom. The molecule has 1 aliphatic heterocycles. The lowest BCUT2D eigenvalue weighted by molar-refractivity contribution is -0.130. The molecule has 0 aliphatic carbocycles. The van der Waals surface area contributed by atoms with Crippen molar-refractivity contribution in [1.82, 2.24) is 10.2 Å². The smallest absolute Gasteiger partial charge is 0.223 e. The van der Waals surface area contributed by atoms with Crippen LogP contribution in [0.1, 0.15) is 29.7 Å². The van der Waals surface area contributed by atoms with Gasteiger partial charge in [0, 0.05) is 42.9 Å². The van der Waals surface area contributed by atoms with Crippen LogP contribution >= 0.6 is 11.3 Å². The third kappa shape index (κ3) is 3.56. The van der Waals surface area contributed by atoms with Crippen LogP contribution in [0.5, 0.6) is 0 Å². The zero-order valence-corrected chi connectivity index (χ0v) is 11.1. The molecule has 0 aromatic carbocycles. The summed E-state index contributed by atoms with van der Waals surface area (Å²) in [5.41, 5.74) is 0.713. The van der Waals surface area contributed by atoms with E-state index in [0.29, 0.717) is 18.5 Å². The minimum atomic E-state index is 0.254. The van der Waals surface area contributed by atoms with Crippen molar-refractivity contribution in [3.8, 4) is 6.07 Å². The first-order valence-electron chi connectivity index (χ1n) is 6.25. The fourth-order valence-electron chi connectivity index (χ4n) is 2.06. The van der Waals surface area contributed by atoms with Crippen LogP contribution in [0.15, 0.2) is 11.4 Å². The van der Waals surface area contributed by atoms with Crippen LogP contribution in [0.3, 0.4) is 0 Å². The van der Waals surface area contributed by atoms with E-state index in [0.717, 1.165) is 37.4 Å². The topological polar surface area (TPSA) is 56.1 Å². The van der Waals surface area contributed by atoms with Gasteiger partial charge in [-0.2, -0.15) is 5.26 Å². The van der Waals surface area contributed by atoms with Crippen molar-refractivity contribution in [2.45, 2.75) is 25.8 Å². The van der Waals surface area contributed by atoms with Crippen LogP contribution in [0.4, 0.5) is 0 Å². The van der Waals surface area contributed by atoms with Gasteiger partial charge in [0.25, 0.3) is 0 Å². The second-order valence-corrected chi connectivity index (χ2v) is 5.42. The number of likely N-dealkylation sites (tertiary alicyclic amines) is 1. The fraction of sp³-hybridized carbons (Fsp3) is 0.538. The maximum atomic E-state index is 11.8. The first kappa shape index (κ1) is 13.1. The number of amides is 1. The summed E-state index contributed by atoms with van der Waals surface area (Å²) >= 11 is 1.58. The number of nitriles is 1. The predicted octanol–water partition coefficient (Wildman–Crippen LogP) is 1.72. The number of thiophene rings is 1. The molecule has 0 bridgehead atoms. The minimum Gasteiger partial charge on any atom is -0.343 e. The van der Waals surface area contributed by atoms with Crippen LogP contribution in [-0.2, 0) is 11.3 Å². The normalized spacial score (nSPS) is 14.7. The Kier molecular flexibility index (Phi) is 4.73. The van der Waals surface area contributed by atoms with E-state index in [4.69, 9.17) is 5.26 Å². The molecule has 1 amide bonds. The van der Waals surface area contributed by atoms with Crippen molar-refractivity contribution >= 4 is 17.2 Å². The van der Waals surface area contributed by atoms with Gasteiger partial charge in [0.15, 0.2) is 0 Å². The molecule has 96 valence electrons. The summed E-state index contributed by atoms with van der Waals surface area (Å²) in [4.78, 5) is 14.8. The standard InChI is InChI=1S/C13H17N3OS/c14-8-11-7-12(18-10-11)9-15-4-3-13(17)16-5-1-2-6-16/h7,10,15H,1-6,9H2. The van der Waals surface area contributed by atoms with Crippen molar-refractivity contribution in [3.63, 3.8) is 0 Å². The Labute approximate surface area is 111 Å².